The van der Waals surface area contributed by atoms with Gasteiger partial charge in [0.15, 0.2) is 5.79 Å². The Kier molecular flexibility index (Phi) is 5.22. The predicted molar refractivity (Wildman–Crippen MR) is 90.9 cm³/mol. The van der Waals surface area contributed by atoms with E-state index in [-0.39, 0.29) is 17.7 Å². The summed E-state index contributed by atoms with van der Waals surface area (Å²) in [7, 11) is 0. The van der Waals surface area contributed by atoms with Gasteiger partial charge in [0.1, 0.15) is 6.04 Å². The lowest BCUT2D eigenvalue weighted by atomic mass is 9.99. The Labute approximate surface area is 146 Å². The van der Waals surface area contributed by atoms with E-state index in [1.807, 2.05) is 30.2 Å². The number of thiophene rings is 1. The van der Waals surface area contributed by atoms with Gasteiger partial charge < -0.3 is 19.7 Å². The molecule has 0 bridgehead atoms. The molecule has 1 aromatic rings. The molecule has 132 valence electrons. The molecular weight excluding hydrogens is 328 g/mol. The average molecular weight is 352 g/mol. The van der Waals surface area contributed by atoms with Crippen molar-refractivity contribution in [3.05, 3.63) is 22.4 Å². The number of piperidine rings is 1. The zero-order valence-corrected chi connectivity index (χ0v) is 14.9. The molecule has 1 spiro atoms. The second-order valence-corrected chi connectivity index (χ2v) is 7.55. The summed E-state index contributed by atoms with van der Waals surface area (Å²) in [6, 6.07) is 3.08. The van der Waals surface area contributed by atoms with Crippen molar-refractivity contribution >= 4 is 23.2 Å². The highest BCUT2D eigenvalue weighted by Crippen LogP contribution is 2.31. The molecule has 2 aliphatic heterocycles. The number of likely N-dealkylation sites (tertiary alicyclic amines) is 1. The standard InChI is InChI=1S/C17H24N2O4S/c1-12(2)14(18-15(20)13-4-3-11-24-13)16(21)19-7-5-17(6-8-19)22-9-10-23-17/h3-4,11-12,14H,5-10H2,1-2H3,(H,18,20). The molecule has 0 aliphatic carbocycles. The van der Waals surface area contributed by atoms with Crippen LogP contribution in [0.25, 0.3) is 0 Å². The number of carbonyl (C=O) groups is 2. The van der Waals surface area contributed by atoms with Crippen molar-refractivity contribution in [1.29, 1.82) is 0 Å². The Bertz CT molecular complexity index is 571. The van der Waals surface area contributed by atoms with Crippen molar-refractivity contribution in [1.82, 2.24) is 10.2 Å². The average Bonchev–Trinajstić information content (AvgIpc) is 3.24. The van der Waals surface area contributed by atoms with Crippen LogP contribution in [-0.4, -0.2) is 54.8 Å². The summed E-state index contributed by atoms with van der Waals surface area (Å²) in [4.78, 5) is 27.6. The third-order valence-electron chi connectivity index (χ3n) is 4.61. The quantitative estimate of drug-likeness (QED) is 0.898. The number of nitrogens with zero attached hydrogens (tertiary/aromatic N) is 1. The van der Waals surface area contributed by atoms with Crippen LogP contribution in [0.4, 0.5) is 0 Å². The van der Waals surface area contributed by atoms with E-state index in [1.54, 1.807) is 6.07 Å². The fourth-order valence-electron chi connectivity index (χ4n) is 3.18. The van der Waals surface area contributed by atoms with Crippen LogP contribution in [-0.2, 0) is 14.3 Å². The van der Waals surface area contributed by atoms with Crippen molar-refractivity contribution in [3.63, 3.8) is 0 Å². The van der Waals surface area contributed by atoms with Crippen LogP contribution in [0.3, 0.4) is 0 Å². The number of rotatable bonds is 4. The Morgan fingerprint density at radius 1 is 1.25 bits per heavy atom. The van der Waals surface area contributed by atoms with Crippen LogP contribution in [0.15, 0.2) is 17.5 Å². The van der Waals surface area contributed by atoms with Crippen LogP contribution < -0.4 is 5.32 Å². The molecule has 2 aliphatic rings. The summed E-state index contributed by atoms with van der Waals surface area (Å²) in [5.41, 5.74) is 0. The number of ether oxygens (including phenoxy) is 2. The van der Waals surface area contributed by atoms with Gasteiger partial charge in [0.2, 0.25) is 5.91 Å². The van der Waals surface area contributed by atoms with Crippen molar-refractivity contribution in [2.24, 2.45) is 5.92 Å². The van der Waals surface area contributed by atoms with E-state index in [4.69, 9.17) is 9.47 Å². The highest BCUT2D eigenvalue weighted by molar-refractivity contribution is 7.12. The van der Waals surface area contributed by atoms with E-state index in [0.29, 0.717) is 44.0 Å². The lowest BCUT2D eigenvalue weighted by Gasteiger charge is -2.39. The molecule has 3 rings (SSSR count). The second kappa shape index (κ2) is 7.21. The van der Waals surface area contributed by atoms with Gasteiger partial charge >= 0.3 is 0 Å². The minimum Gasteiger partial charge on any atom is -0.347 e. The summed E-state index contributed by atoms with van der Waals surface area (Å²) in [5, 5.41) is 4.75. The number of nitrogens with one attached hydrogen (secondary N) is 1. The fraction of sp³-hybridized carbons (Fsp3) is 0.647. The van der Waals surface area contributed by atoms with Crippen LogP contribution >= 0.6 is 11.3 Å². The number of amides is 2. The molecule has 2 fully saturated rings. The number of hydrogen-bond donors (Lipinski definition) is 1. The molecule has 1 aromatic heterocycles. The molecule has 24 heavy (non-hydrogen) atoms. The van der Waals surface area contributed by atoms with Crippen LogP contribution in [0.2, 0.25) is 0 Å². The first kappa shape index (κ1) is 17.4. The first-order valence-electron chi connectivity index (χ1n) is 8.42. The third-order valence-corrected chi connectivity index (χ3v) is 5.48. The molecule has 2 amide bonds. The number of carbonyl (C=O) groups excluding carboxylic acids is 2. The van der Waals surface area contributed by atoms with E-state index >= 15 is 0 Å². The van der Waals surface area contributed by atoms with Gasteiger partial charge in [-0.2, -0.15) is 0 Å². The van der Waals surface area contributed by atoms with Gasteiger partial charge in [-0.15, -0.1) is 11.3 Å². The Hall–Kier alpha value is -1.44. The van der Waals surface area contributed by atoms with Gasteiger partial charge in [0.25, 0.3) is 5.91 Å². The number of hydrogen-bond acceptors (Lipinski definition) is 5. The first-order chi connectivity index (χ1) is 11.5. The van der Waals surface area contributed by atoms with Gasteiger partial charge in [-0.05, 0) is 17.4 Å². The maximum absolute atomic E-state index is 12.9. The largest absolute Gasteiger partial charge is 0.347 e. The molecule has 7 heteroatoms. The summed E-state index contributed by atoms with van der Waals surface area (Å²) in [5.74, 6) is -0.684. The molecule has 0 aromatic carbocycles. The molecule has 1 N–H and O–H groups in total. The maximum Gasteiger partial charge on any atom is 0.262 e. The zero-order valence-electron chi connectivity index (χ0n) is 14.1. The van der Waals surface area contributed by atoms with Gasteiger partial charge in [0.05, 0.1) is 18.1 Å². The minimum atomic E-state index is -0.515. The lowest BCUT2D eigenvalue weighted by molar-refractivity contribution is -0.188. The molecule has 3 heterocycles. The Morgan fingerprint density at radius 3 is 2.46 bits per heavy atom. The predicted octanol–water partition coefficient (Wildman–Crippen LogP) is 1.87. The smallest absolute Gasteiger partial charge is 0.262 e. The molecule has 0 saturated carbocycles. The molecule has 0 radical (unpaired) electrons. The van der Waals surface area contributed by atoms with Crippen LogP contribution in [0.5, 0.6) is 0 Å². The molecular formula is C17H24N2O4S. The van der Waals surface area contributed by atoms with E-state index in [2.05, 4.69) is 5.32 Å². The van der Waals surface area contributed by atoms with Crippen molar-refractivity contribution < 1.29 is 19.1 Å². The van der Waals surface area contributed by atoms with Crippen LogP contribution in [0.1, 0.15) is 36.4 Å². The van der Waals surface area contributed by atoms with E-state index < -0.39 is 11.8 Å². The summed E-state index contributed by atoms with van der Waals surface area (Å²) < 4.78 is 11.4. The SMILES string of the molecule is CC(C)C(NC(=O)c1cccs1)C(=O)N1CCC2(CC1)OCCO2. The molecule has 2 saturated heterocycles. The zero-order chi connectivity index (χ0) is 17.2. The van der Waals surface area contributed by atoms with Gasteiger partial charge in [-0.3, -0.25) is 9.59 Å². The second-order valence-electron chi connectivity index (χ2n) is 6.61. The van der Waals surface area contributed by atoms with Crippen LogP contribution in [0, 0.1) is 5.92 Å². The van der Waals surface area contributed by atoms with Gasteiger partial charge in [-0.25, -0.2) is 0 Å². The topological polar surface area (TPSA) is 67.9 Å². The molecule has 1 atom stereocenters. The first-order valence-corrected chi connectivity index (χ1v) is 9.30. The summed E-state index contributed by atoms with van der Waals surface area (Å²) >= 11 is 1.37. The van der Waals surface area contributed by atoms with Crippen molar-refractivity contribution in [2.45, 2.75) is 38.5 Å². The molecule has 1 unspecified atom stereocenters. The van der Waals surface area contributed by atoms with Gasteiger partial charge in [0, 0.05) is 25.9 Å². The summed E-state index contributed by atoms with van der Waals surface area (Å²) in [6.45, 7) is 6.34. The lowest BCUT2D eigenvalue weighted by Crippen LogP contribution is -2.55. The summed E-state index contributed by atoms with van der Waals surface area (Å²) in [6.07, 6.45) is 1.37. The van der Waals surface area contributed by atoms with E-state index in [0.717, 1.165) is 0 Å². The molecule has 6 nitrogen and oxygen atoms in total. The van der Waals surface area contributed by atoms with E-state index in [1.165, 1.54) is 11.3 Å². The van der Waals surface area contributed by atoms with E-state index in [9.17, 15) is 9.59 Å². The maximum atomic E-state index is 12.9. The van der Waals surface area contributed by atoms with Crippen molar-refractivity contribution in [3.8, 4) is 0 Å². The highest BCUT2D eigenvalue weighted by atomic mass is 32.1. The monoisotopic (exact) mass is 352 g/mol. The Morgan fingerprint density at radius 2 is 1.92 bits per heavy atom. The normalized spacial score (nSPS) is 21.2. The van der Waals surface area contributed by atoms with Gasteiger partial charge in [-0.1, -0.05) is 19.9 Å². The minimum absolute atomic E-state index is 0.0243. The Balaban J connectivity index is 1.61. The van der Waals surface area contributed by atoms with Crippen molar-refractivity contribution in [2.75, 3.05) is 26.3 Å². The fourth-order valence-corrected chi connectivity index (χ4v) is 3.81. The third kappa shape index (κ3) is 3.63. The highest BCUT2D eigenvalue weighted by Gasteiger charge is 2.42.